The van der Waals surface area contributed by atoms with E-state index < -0.39 is 0 Å². The van der Waals surface area contributed by atoms with Crippen LogP contribution in [0, 0.1) is 0 Å². The maximum atomic E-state index is 5.92. The summed E-state index contributed by atoms with van der Waals surface area (Å²) in [4.78, 5) is 2.27. The van der Waals surface area contributed by atoms with Gasteiger partial charge in [0.25, 0.3) is 0 Å². The second-order valence-electron chi connectivity index (χ2n) is 4.82. The van der Waals surface area contributed by atoms with E-state index >= 15 is 0 Å². The molecule has 1 saturated heterocycles. The molecule has 0 bridgehead atoms. The van der Waals surface area contributed by atoms with Gasteiger partial charge in [-0.3, -0.25) is 4.90 Å². The average molecular weight is 218 g/mol. The third kappa shape index (κ3) is 1.93. The smallest absolute Gasteiger partial charge is 0.124 e. The van der Waals surface area contributed by atoms with Gasteiger partial charge in [-0.15, -0.1) is 0 Å². The van der Waals surface area contributed by atoms with Crippen molar-refractivity contribution in [2.24, 2.45) is 0 Å². The summed E-state index contributed by atoms with van der Waals surface area (Å²) in [5.41, 5.74) is 2.87. The fraction of sp³-hybridized carbons (Fsp3) is 0.538. The standard InChI is InChI=1S/C13H18N2O/c1-15-8-13(9-15)16-12-3-2-10-4-5-14-7-11(10)6-12/h2-3,6,13-14H,4-5,7-9H2,1H3. The summed E-state index contributed by atoms with van der Waals surface area (Å²) in [5.74, 6) is 1.03. The molecule has 1 aromatic carbocycles. The van der Waals surface area contributed by atoms with Crippen molar-refractivity contribution in [3.05, 3.63) is 29.3 Å². The molecule has 16 heavy (non-hydrogen) atoms. The number of hydrogen-bond acceptors (Lipinski definition) is 3. The van der Waals surface area contributed by atoms with Crippen LogP contribution in [0.1, 0.15) is 11.1 Å². The molecular formula is C13H18N2O. The molecule has 2 heterocycles. The van der Waals surface area contributed by atoms with Crippen LogP contribution in [0.2, 0.25) is 0 Å². The summed E-state index contributed by atoms with van der Waals surface area (Å²) < 4.78 is 5.92. The van der Waals surface area contributed by atoms with Crippen molar-refractivity contribution in [3.63, 3.8) is 0 Å². The topological polar surface area (TPSA) is 24.5 Å². The fourth-order valence-electron chi connectivity index (χ4n) is 2.44. The van der Waals surface area contributed by atoms with Crippen LogP contribution in [0.5, 0.6) is 5.75 Å². The van der Waals surface area contributed by atoms with E-state index in [2.05, 4.69) is 35.5 Å². The number of fused-ring (bicyclic) bond motifs is 1. The highest BCUT2D eigenvalue weighted by atomic mass is 16.5. The summed E-state index contributed by atoms with van der Waals surface area (Å²) in [6, 6.07) is 6.52. The van der Waals surface area contributed by atoms with Gasteiger partial charge < -0.3 is 10.1 Å². The molecule has 0 aliphatic carbocycles. The molecule has 2 aliphatic heterocycles. The summed E-state index contributed by atoms with van der Waals surface area (Å²) in [5, 5.41) is 3.39. The van der Waals surface area contributed by atoms with Gasteiger partial charge in [-0.25, -0.2) is 0 Å². The summed E-state index contributed by atoms with van der Waals surface area (Å²) in [6.45, 7) is 4.18. The lowest BCUT2D eigenvalue weighted by molar-refractivity contribution is 0.0387. The molecule has 0 radical (unpaired) electrons. The Kier molecular flexibility index (Phi) is 2.58. The maximum absolute atomic E-state index is 5.92. The van der Waals surface area contributed by atoms with E-state index in [4.69, 9.17) is 4.74 Å². The molecule has 0 unspecified atom stereocenters. The molecule has 1 N–H and O–H groups in total. The van der Waals surface area contributed by atoms with E-state index in [0.717, 1.165) is 38.3 Å². The number of likely N-dealkylation sites (N-methyl/N-ethyl adjacent to an activating group) is 1. The second-order valence-corrected chi connectivity index (χ2v) is 4.82. The first-order valence-corrected chi connectivity index (χ1v) is 5.99. The molecule has 0 atom stereocenters. The number of ether oxygens (including phenoxy) is 1. The van der Waals surface area contributed by atoms with Crippen LogP contribution in [0.25, 0.3) is 0 Å². The summed E-state index contributed by atoms with van der Waals surface area (Å²) in [6.07, 6.45) is 1.53. The summed E-state index contributed by atoms with van der Waals surface area (Å²) in [7, 11) is 2.12. The molecular weight excluding hydrogens is 200 g/mol. The SMILES string of the molecule is CN1CC(Oc2ccc3c(c2)CNCC3)C1. The Morgan fingerprint density at radius 3 is 3.00 bits per heavy atom. The lowest BCUT2D eigenvalue weighted by Gasteiger charge is -2.36. The van der Waals surface area contributed by atoms with E-state index in [1.807, 2.05) is 0 Å². The van der Waals surface area contributed by atoms with Crippen LogP contribution in [0.15, 0.2) is 18.2 Å². The van der Waals surface area contributed by atoms with Crippen LogP contribution in [-0.4, -0.2) is 37.7 Å². The minimum Gasteiger partial charge on any atom is -0.488 e. The van der Waals surface area contributed by atoms with Gasteiger partial charge in [-0.05, 0) is 43.3 Å². The van der Waals surface area contributed by atoms with Crippen LogP contribution in [-0.2, 0) is 13.0 Å². The van der Waals surface area contributed by atoms with Gasteiger partial charge in [0.15, 0.2) is 0 Å². The van der Waals surface area contributed by atoms with E-state index in [9.17, 15) is 0 Å². The van der Waals surface area contributed by atoms with Crippen molar-refractivity contribution in [1.29, 1.82) is 0 Å². The molecule has 3 heteroatoms. The van der Waals surface area contributed by atoms with Crippen molar-refractivity contribution in [2.75, 3.05) is 26.7 Å². The molecule has 3 nitrogen and oxygen atoms in total. The zero-order chi connectivity index (χ0) is 11.0. The molecule has 1 fully saturated rings. The van der Waals surface area contributed by atoms with Crippen LogP contribution in [0.3, 0.4) is 0 Å². The Morgan fingerprint density at radius 2 is 2.19 bits per heavy atom. The Morgan fingerprint density at radius 1 is 1.31 bits per heavy atom. The highest BCUT2D eigenvalue weighted by Crippen LogP contribution is 2.23. The molecule has 3 rings (SSSR count). The van der Waals surface area contributed by atoms with Crippen molar-refractivity contribution >= 4 is 0 Å². The quantitative estimate of drug-likeness (QED) is 0.802. The number of nitrogens with zero attached hydrogens (tertiary/aromatic N) is 1. The Labute approximate surface area is 96.4 Å². The van der Waals surface area contributed by atoms with E-state index in [0.29, 0.717) is 6.10 Å². The lowest BCUT2D eigenvalue weighted by Crippen LogP contribution is -2.51. The molecule has 2 aliphatic rings. The van der Waals surface area contributed by atoms with Gasteiger partial charge in [0.2, 0.25) is 0 Å². The van der Waals surface area contributed by atoms with Crippen molar-refractivity contribution in [2.45, 2.75) is 19.1 Å². The highest BCUT2D eigenvalue weighted by molar-refractivity contribution is 5.37. The largest absolute Gasteiger partial charge is 0.488 e. The van der Waals surface area contributed by atoms with Gasteiger partial charge in [-0.1, -0.05) is 6.07 Å². The normalized spacial score (nSPS) is 21.3. The minimum absolute atomic E-state index is 0.389. The molecule has 1 aromatic rings. The van der Waals surface area contributed by atoms with Crippen LogP contribution >= 0.6 is 0 Å². The Balaban J connectivity index is 1.71. The van der Waals surface area contributed by atoms with Gasteiger partial charge in [0.05, 0.1) is 0 Å². The third-order valence-electron chi connectivity index (χ3n) is 3.40. The predicted molar refractivity (Wildman–Crippen MR) is 63.8 cm³/mol. The zero-order valence-electron chi connectivity index (χ0n) is 9.70. The maximum Gasteiger partial charge on any atom is 0.124 e. The number of rotatable bonds is 2. The van der Waals surface area contributed by atoms with Gasteiger partial charge in [0, 0.05) is 19.6 Å². The predicted octanol–water partition coefficient (Wildman–Crippen LogP) is 1.03. The lowest BCUT2D eigenvalue weighted by atomic mass is 10.0. The molecule has 0 saturated carbocycles. The Bertz CT molecular complexity index is 386. The van der Waals surface area contributed by atoms with Crippen molar-refractivity contribution in [1.82, 2.24) is 10.2 Å². The number of benzene rings is 1. The Hall–Kier alpha value is -1.06. The van der Waals surface area contributed by atoms with Crippen molar-refractivity contribution < 1.29 is 4.74 Å². The van der Waals surface area contributed by atoms with E-state index in [1.165, 1.54) is 11.1 Å². The molecule has 86 valence electrons. The first kappa shape index (κ1) is 10.1. The van der Waals surface area contributed by atoms with E-state index in [-0.39, 0.29) is 0 Å². The zero-order valence-corrected chi connectivity index (χ0v) is 9.70. The third-order valence-corrected chi connectivity index (χ3v) is 3.40. The fourth-order valence-corrected chi connectivity index (χ4v) is 2.44. The number of likely N-dealkylation sites (tertiary alicyclic amines) is 1. The summed E-state index contributed by atoms with van der Waals surface area (Å²) >= 11 is 0. The van der Waals surface area contributed by atoms with Crippen LogP contribution in [0.4, 0.5) is 0 Å². The second kappa shape index (κ2) is 4.07. The molecule has 0 amide bonds. The minimum atomic E-state index is 0.389. The number of nitrogens with one attached hydrogen (secondary N) is 1. The van der Waals surface area contributed by atoms with Gasteiger partial charge >= 0.3 is 0 Å². The van der Waals surface area contributed by atoms with Gasteiger partial charge in [-0.2, -0.15) is 0 Å². The highest BCUT2D eigenvalue weighted by Gasteiger charge is 2.25. The van der Waals surface area contributed by atoms with E-state index in [1.54, 1.807) is 0 Å². The van der Waals surface area contributed by atoms with Crippen molar-refractivity contribution in [3.8, 4) is 5.75 Å². The first-order chi connectivity index (χ1) is 7.81. The van der Waals surface area contributed by atoms with Gasteiger partial charge in [0.1, 0.15) is 11.9 Å². The molecule has 0 spiro atoms. The van der Waals surface area contributed by atoms with Crippen LogP contribution < -0.4 is 10.1 Å². The first-order valence-electron chi connectivity index (χ1n) is 5.99. The number of hydrogen-bond donors (Lipinski definition) is 1. The molecule has 0 aromatic heterocycles. The monoisotopic (exact) mass is 218 g/mol. The average Bonchev–Trinajstić information content (AvgIpc) is 2.27.